The van der Waals surface area contributed by atoms with Crippen molar-refractivity contribution in [2.24, 2.45) is 0 Å². The number of hydrogen-bond acceptors (Lipinski definition) is 2. The standard InChI is InChI=1S/C14H16ClNS/c1-11(15)13-4-2-3-5-14(13)16-8-6-12-7-9-17-10-12/h2-5,7,9-11,16H,6,8H2,1H3. The molecular formula is C14H16ClNS. The number of anilines is 1. The van der Waals surface area contributed by atoms with Gasteiger partial charge in [0.25, 0.3) is 0 Å². The van der Waals surface area contributed by atoms with E-state index in [1.54, 1.807) is 11.3 Å². The average Bonchev–Trinajstić information content (AvgIpc) is 2.82. The molecule has 0 saturated heterocycles. The van der Waals surface area contributed by atoms with Crippen molar-refractivity contribution in [1.29, 1.82) is 0 Å². The predicted octanol–water partition coefficient (Wildman–Crippen LogP) is 4.70. The zero-order valence-electron chi connectivity index (χ0n) is 9.82. The molecule has 1 N–H and O–H groups in total. The maximum atomic E-state index is 6.15. The number of thiophene rings is 1. The first kappa shape index (κ1) is 12.5. The lowest BCUT2D eigenvalue weighted by Gasteiger charge is -2.13. The minimum atomic E-state index is 0.0415. The van der Waals surface area contributed by atoms with Gasteiger partial charge in [0.05, 0.1) is 5.38 Å². The summed E-state index contributed by atoms with van der Waals surface area (Å²) in [7, 11) is 0. The molecular weight excluding hydrogens is 250 g/mol. The quantitative estimate of drug-likeness (QED) is 0.773. The van der Waals surface area contributed by atoms with Crippen LogP contribution in [0.25, 0.3) is 0 Å². The second kappa shape index (κ2) is 6.08. The second-order valence-corrected chi connectivity index (χ2v) is 5.45. The van der Waals surface area contributed by atoms with Gasteiger partial charge in [0.15, 0.2) is 0 Å². The first-order valence-corrected chi connectivity index (χ1v) is 7.13. The molecule has 0 aliphatic rings. The van der Waals surface area contributed by atoms with Gasteiger partial charge in [-0.1, -0.05) is 18.2 Å². The van der Waals surface area contributed by atoms with Crippen molar-refractivity contribution in [3.8, 4) is 0 Å². The summed E-state index contributed by atoms with van der Waals surface area (Å²) in [6.07, 6.45) is 1.05. The normalized spacial score (nSPS) is 12.4. The van der Waals surface area contributed by atoms with Crippen LogP contribution in [-0.4, -0.2) is 6.54 Å². The Morgan fingerprint density at radius 2 is 2.12 bits per heavy atom. The highest BCUT2D eigenvalue weighted by Crippen LogP contribution is 2.26. The van der Waals surface area contributed by atoms with Gasteiger partial charge in [0.1, 0.15) is 0 Å². The molecule has 1 aromatic carbocycles. The third-order valence-corrected chi connectivity index (χ3v) is 3.67. The fourth-order valence-electron chi connectivity index (χ4n) is 1.78. The van der Waals surface area contributed by atoms with Crippen LogP contribution in [0.5, 0.6) is 0 Å². The number of alkyl halides is 1. The summed E-state index contributed by atoms with van der Waals surface area (Å²) < 4.78 is 0. The number of rotatable bonds is 5. The fraction of sp³-hybridized carbons (Fsp3) is 0.286. The number of halogens is 1. The molecule has 0 amide bonds. The highest BCUT2D eigenvalue weighted by Gasteiger charge is 2.06. The van der Waals surface area contributed by atoms with Gasteiger partial charge in [-0.2, -0.15) is 11.3 Å². The van der Waals surface area contributed by atoms with Gasteiger partial charge in [-0.25, -0.2) is 0 Å². The summed E-state index contributed by atoms with van der Waals surface area (Å²) >= 11 is 7.89. The molecule has 2 rings (SSSR count). The molecule has 0 radical (unpaired) electrons. The van der Waals surface area contributed by atoms with Crippen molar-refractivity contribution in [1.82, 2.24) is 0 Å². The van der Waals surface area contributed by atoms with Crippen LogP contribution in [0.4, 0.5) is 5.69 Å². The Morgan fingerprint density at radius 1 is 1.29 bits per heavy atom. The molecule has 3 heteroatoms. The van der Waals surface area contributed by atoms with E-state index in [0.29, 0.717) is 0 Å². The zero-order chi connectivity index (χ0) is 12.1. The third-order valence-electron chi connectivity index (χ3n) is 2.70. The highest BCUT2D eigenvalue weighted by molar-refractivity contribution is 7.07. The van der Waals surface area contributed by atoms with E-state index in [9.17, 15) is 0 Å². The van der Waals surface area contributed by atoms with Crippen LogP contribution in [0.3, 0.4) is 0 Å². The van der Waals surface area contributed by atoms with Crippen LogP contribution in [0.1, 0.15) is 23.4 Å². The van der Waals surface area contributed by atoms with Crippen molar-refractivity contribution in [3.63, 3.8) is 0 Å². The maximum Gasteiger partial charge on any atom is 0.0577 e. The van der Waals surface area contributed by atoms with E-state index in [1.807, 2.05) is 19.1 Å². The summed E-state index contributed by atoms with van der Waals surface area (Å²) in [4.78, 5) is 0. The van der Waals surface area contributed by atoms with E-state index in [2.05, 4.69) is 34.3 Å². The molecule has 1 unspecified atom stereocenters. The monoisotopic (exact) mass is 265 g/mol. The van der Waals surface area contributed by atoms with Crippen LogP contribution in [0, 0.1) is 0 Å². The van der Waals surface area contributed by atoms with E-state index in [-0.39, 0.29) is 5.38 Å². The molecule has 0 saturated carbocycles. The van der Waals surface area contributed by atoms with Gasteiger partial charge in [-0.05, 0) is 47.4 Å². The van der Waals surface area contributed by atoms with E-state index in [4.69, 9.17) is 11.6 Å². The van der Waals surface area contributed by atoms with Crippen LogP contribution < -0.4 is 5.32 Å². The first-order chi connectivity index (χ1) is 8.27. The molecule has 0 bridgehead atoms. The molecule has 0 aliphatic heterocycles. The van der Waals surface area contributed by atoms with E-state index >= 15 is 0 Å². The van der Waals surface area contributed by atoms with Crippen molar-refractivity contribution in [2.45, 2.75) is 18.7 Å². The fourth-order valence-corrected chi connectivity index (χ4v) is 2.67. The van der Waals surface area contributed by atoms with Crippen molar-refractivity contribution in [3.05, 3.63) is 52.2 Å². The molecule has 2 aromatic rings. The number of para-hydroxylation sites is 1. The minimum absolute atomic E-state index is 0.0415. The topological polar surface area (TPSA) is 12.0 Å². The van der Waals surface area contributed by atoms with Crippen molar-refractivity contribution in [2.75, 3.05) is 11.9 Å². The summed E-state index contributed by atoms with van der Waals surface area (Å²) in [6.45, 7) is 2.94. The Morgan fingerprint density at radius 3 is 2.82 bits per heavy atom. The van der Waals surface area contributed by atoms with E-state index < -0.39 is 0 Å². The predicted molar refractivity (Wildman–Crippen MR) is 77.2 cm³/mol. The lowest BCUT2D eigenvalue weighted by atomic mass is 10.1. The Hall–Kier alpha value is -0.990. The summed E-state index contributed by atoms with van der Waals surface area (Å²) in [5, 5.41) is 7.80. The van der Waals surface area contributed by atoms with Gasteiger partial charge >= 0.3 is 0 Å². The number of benzene rings is 1. The van der Waals surface area contributed by atoms with Crippen LogP contribution in [0.15, 0.2) is 41.1 Å². The number of hydrogen-bond donors (Lipinski definition) is 1. The average molecular weight is 266 g/mol. The van der Waals surface area contributed by atoms with Gasteiger partial charge in [-0.15, -0.1) is 11.6 Å². The van der Waals surface area contributed by atoms with Gasteiger partial charge in [0.2, 0.25) is 0 Å². The van der Waals surface area contributed by atoms with Gasteiger partial charge in [-0.3, -0.25) is 0 Å². The molecule has 1 aromatic heterocycles. The Kier molecular flexibility index (Phi) is 4.46. The van der Waals surface area contributed by atoms with Crippen LogP contribution in [0.2, 0.25) is 0 Å². The summed E-state index contributed by atoms with van der Waals surface area (Å²) in [5.41, 5.74) is 3.70. The molecule has 1 heterocycles. The Balaban J connectivity index is 1.94. The largest absolute Gasteiger partial charge is 0.384 e. The molecule has 17 heavy (non-hydrogen) atoms. The molecule has 0 aliphatic carbocycles. The SMILES string of the molecule is CC(Cl)c1ccccc1NCCc1ccsc1. The molecule has 1 atom stereocenters. The maximum absolute atomic E-state index is 6.15. The van der Waals surface area contributed by atoms with Crippen LogP contribution >= 0.6 is 22.9 Å². The van der Waals surface area contributed by atoms with Gasteiger partial charge in [0, 0.05) is 12.2 Å². The third kappa shape index (κ3) is 3.48. The molecule has 0 fully saturated rings. The van der Waals surface area contributed by atoms with Crippen LogP contribution in [-0.2, 0) is 6.42 Å². The summed E-state index contributed by atoms with van der Waals surface area (Å²) in [6, 6.07) is 10.4. The van der Waals surface area contributed by atoms with Crippen molar-refractivity contribution >= 4 is 28.6 Å². The Bertz CT molecular complexity index is 451. The summed E-state index contributed by atoms with van der Waals surface area (Å²) in [5.74, 6) is 0. The smallest absolute Gasteiger partial charge is 0.0577 e. The molecule has 0 spiro atoms. The highest BCUT2D eigenvalue weighted by atomic mass is 35.5. The van der Waals surface area contributed by atoms with Crippen molar-refractivity contribution < 1.29 is 0 Å². The van der Waals surface area contributed by atoms with Gasteiger partial charge < -0.3 is 5.32 Å². The zero-order valence-corrected chi connectivity index (χ0v) is 11.4. The number of nitrogens with one attached hydrogen (secondary N) is 1. The molecule has 1 nitrogen and oxygen atoms in total. The van der Waals surface area contributed by atoms with E-state index in [0.717, 1.165) is 18.7 Å². The minimum Gasteiger partial charge on any atom is -0.384 e. The first-order valence-electron chi connectivity index (χ1n) is 5.75. The lowest BCUT2D eigenvalue weighted by Crippen LogP contribution is -2.06. The Labute approximate surface area is 111 Å². The van der Waals surface area contributed by atoms with E-state index in [1.165, 1.54) is 11.1 Å². The second-order valence-electron chi connectivity index (χ2n) is 4.01. The lowest BCUT2D eigenvalue weighted by molar-refractivity contribution is 1.01. The molecule has 90 valence electrons.